The molecular weight excluding hydrogens is 471 g/mol. The minimum Gasteiger partial charge on any atom is -0.509 e. The summed E-state index contributed by atoms with van der Waals surface area (Å²) in [5.74, 6) is -1.37. The molecule has 4 nitrogen and oxygen atoms in total. The van der Waals surface area contributed by atoms with E-state index in [2.05, 4.69) is 41.9 Å². The molecule has 0 bridgehead atoms. The molecule has 2 atom stereocenters. The normalized spacial score (nSPS) is 29.4. The highest BCUT2D eigenvalue weighted by atomic mass is 79.9. The Morgan fingerprint density at radius 3 is 2.52 bits per heavy atom. The lowest BCUT2D eigenvalue weighted by molar-refractivity contribution is -0.308. The zero-order valence-electron chi connectivity index (χ0n) is 13.2. The molecule has 0 aromatic carbocycles. The number of hydrogen-bond donors (Lipinski definition) is 2. The van der Waals surface area contributed by atoms with Crippen molar-refractivity contribution in [3.05, 3.63) is 33.2 Å². The van der Waals surface area contributed by atoms with Gasteiger partial charge < -0.3 is 15.2 Å². The molecule has 3 rings (SSSR count). The van der Waals surface area contributed by atoms with Gasteiger partial charge in [-0.05, 0) is 24.5 Å². The number of carbonyl (C=O) groups excluding carboxylic acids is 1. The van der Waals surface area contributed by atoms with Gasteiger partial charge in [0.1, 0.15) is 11.5 Å². The molecule has 2 N–H and O–H groups in total. The van der Waals surface area contributed by atoms with Crippen LogP contribution in [-0.4, -0.2) is 27.7 Å². The van der Waals surface area contributed by atoms with Crippen LogP contribution in [0.4, 0.5) is 13.2 Å². The maximum absolute atomic E-state index is 12.6. The predicted molar refractivity (Wildman–Crippen MR) is 92.1 cm³/mol. The summed E-state index contributed by atoms with van der Waals surface area (Å²) in [6.45, 7) is 1.56. The Balaban J connectivity index is 2.05. The second-order valence-corrected chi connectivity index (χ2v) is 8.35. The van der Waals surface area contributed by atoms with Gasteiger partial charge in [-0.1, -0.05) is 51.6 Å². The minimum atomic E-state index is -4.79. The standard InChI is InChI=1S/C16H16Br2F3NO3/c1-7-9(25-16(19,20)21)6-8(17)10(12(7)18)11-13(23)15(22-14(11)24)4-2-3-5-15/h6-7,12,23H,2-5H2,1H3,(H,22,24). The van der Waals surface area contributed by atoms with E-state index < -0.39 is 28.6 Å². The monoisotopic (exact) mass is 485 g/mol. The zero-order chi connectivity index (χ0) is 18.6. The van der Waals surface area contributed by atoms with E-state index >= 15 is 0 Å². The van der Waals surface area contributed by atoms with E-state index in [4.69, 9.17) is 0 Å². The van der Waals surface area contributed by atoms with Crippen molar-refractivity contribution in [1.29, 1.82) is 0 Å². The number of amides is 1. The third-order valence-corrected chi connectivity index (χ3v) is 6.83. The Morgan fingerprint density at radius 2 is 1.96 bits per heavy atom. The van der Waals surface area contributed by atoms with Crippen molar-refractivity contribution >= 4 is 37.8 Å². The van der Waals surface area contributed by atoms with Gasteiger partial charge in [0.2, 0.25) is 0 Å². The van der Waals surface area contributed by atoms with Gasteiger partial charge in [-0.25, -0.2) is 0 Å². The van der Waals surface area contributed by atoms with Crippen molar-refractivity contribution in [3.8, 4) is 0 Å². The molecule has 0 aromatic heterocycles. The van der Waals surface area contributed by atoms with Gasteiger partial charge in [-0.3, -0.25) is 4.79 Å². The first-order valence-corrected chi connectivity index (χ1v) is 9.54. The molecule has 2 aliphatic carbocycles. The van der Waals surface area contributed by atoms with E-state index in [-0.39, 0.29) is 21.6 Å². The van der Waals surface area contributed by atoms with Crippen LogP contribution in [0.2, 0.25) is 0 Å². The fourth-order valence-electron chi connectivity index (χ4n) is 3.65. The van der Waals surface area contributed by atoms with E-state index in [0.717, 1.165) is 12.8 Å². The molecule has 1 heterocycles. The Hall–Kier alpha value is -0.960. The van der Waals surface area contributed by atoms with E-state index in [9.17, 15) is 23.1 Å². The van der Waals surface area contributed by atoms with E-state index in [0.29, 0.717) is 18.4 Å². The molecule has 2 unspecified atom stereocenters. The van der Waals surface area contributed by atoms with Crippen molar-refractivity contribution in [3.63, 3.8) is 0 Å². The van der Waals surface area contributed by atoms with Crippen molar-refractivity contribution in [2.45, 2.75) is 49.3 Å². The number of ether oxygens (including phenoxy) is 1. The fourth-order valence-corrected chi connectivity index (χ4v) is 5.36. The van der Waals surface area contributed by atoms with E-state index in [1.54, 1.807) is 6.92 Å². The smallest absolute Gasteiger partial charge is 0.509 e. The summed E-state index contributed by atoms with van der Waals surface area (Å²) in [6, 6.07) is 0. The number of allylic oxidation sites excluding steroid dienone is 3. The number of aliphatic hydroxyl groups is 1. The fraction of sp³-hybridized carbons (Fsp3) is 0.562. The van der Waals surface area contributed by atoms with Crippen LogP contribution in [0, 0.1) is 5.92 Å². The van der Waals surface area contributed by atoms with Crippen LogP contribution in [-0.2, 0) is 9.53 Å². The summed E-state index contributed by atoms with van der Waals surface area (Å²) in [5.41, 5.74) is -0.180. The quantitative estimate of drug-likeness (QED) is 0.555. The first-order valence-electron chi connectivity index (χ1n) is 7.83. The maximum Gasteiger partial charge on any atom is 0.572 e. The molecule has 1 saturated carbocycles. The highest BCUT2D eigenvalue weighted by molar-refractivity contribution is 9.12. The van der Waals surface area contributed by atoms with Gasteiger partial charge >= 0.3 is 6.36 Å². The van der Waals surface area contributed by atoms with Crippen molar-refractivity contribution in [2.75, 3.05) is 0 Å². The molecular formula is C16H16Br2F3NO3. The zero-order valence-corrected chi connectivity index (χ0v) is 16.4. The van der Waals surface area contributed by atoms with E-state index in [1.165, 1.54) is 6.08 Å². The number of hydrogen-bond acceptors (Lipinski definition) is 3. The third kappa shape index (κ3) is 3.25. The van der Waals surface area contributed by atoms with Gasteiger partial charge in [0, 0.05) is 10.4 Å². The van der Waals surface area contributed by atoms with Crippen LogP contribution >= 0.6 is 31.9 Å². The highest BCUT2D eigenvalue weighted by Crippen LogP contribution is 2.47. The largest absolute Gasteiger partial charge is 0.572 e. The lowest BCUT2D eigenvalue weighted by Crippen LogP contribution is -2.41. The highest BCUT2D eigenvalue weighted by Gasteiger charge is 2.50. The summed E-state index contributed by atoms with van der Waals surface area (Å²) in [4.78, 5) is 11.9. The number of halogens is 5. The summed E-state index contributed by atoms with van der Waals surface area (Å²) in [5, 5.41) is 13.6. The number of rotatable bonds is 2. The molecule has 9 heteroatoms. The van der Waals surface area contributed by atoms with Crippen LogP contribution in [0.25, 0.3) is 0 Å². The average Bonchev–Trinajstić information content (AvgIpc) is 3.04. The number of carbonyl (C=O) groups is 1. The lowest BCUT2D eigenvalue weighted by Gasteiger charge is -2.29. The molecule has 1 spiro atoms. The second kappa shape index (κ2) is 6.33. The molecule has 0 saturated heterocycles. The van der Waals surface area contributed by atoms with Gasteiger partial charge in [-0.15, -0.1) is 13.2 Å². The van der Waals surface area contributed by atoms with Gasteiger partial charge in [-0.2, -0.15) is 0 Å². The Kier molecular flexibility index (Phi) is 4.77. The summed E-state index contributed by atoms with van der Waals surface area (Å²) >= 11 is 6.60. The molecule has 25 heavy (non-hydrogen) atoms. The third-order valence-electron chi connectivity index (χ3n) is 4.92. The summed E-state index contributed by atoms with van der Waals surface area (Å²) in [6.07, 6.45) is -0.486. The average molecular weight is 487 g/mol. The Bertz CT molecular complexity index is 706. The van der Waals surface area contributed by atoms with Gasteiger partial charge in [0.25, 0.3) is 5.91 Å². The lowest BCUT2D eigenvalue weighted by atomic mass is 9.87. The van der Waals surface area contributed by atoms with Gasteiger partial charge in [0.15, 0.2) is 0 Å². The molecule has 3 aliphatic rings. The maximum atomic E-state index is 12.6. The Morgan fingerprint density at radius 1 is 1.36 bits per heavy atom. The summed E-state index contributed by atoms with van der Waals surface area (Å²) in [7, 11) is 0. The summed E-state index contributed by atoms with van der Waals surface area (Å²) < 4.78 is 42.1. The molecule has 0 radical (unpaired) electrons. The molecule has 0 aromatic rings. The van der Waals surface area contributed by atoms with Crippen LogP contribution in [0.5, 0.6) is 0 Å². The predicted octanol–water partition coefficient (Wildman–Crippen LogP) is 4.72. The first kappa shape index (κ1) is 18.8. The molecule has 1 aliphatic heterocycles. The van der Waals surface area contributed by atoms with Crippen LogP contribution < -0.4 is 5.32 Å². The number of aliphatic hydroxyl groups excluding tert-OH is 1. The second-order valence-electron chi connectivity index (χ2n) is 6.51. The van der Waals surface area contributed by atoms with Crippen LogP contribution in [0.1, 0.15) is 32.6 Å². The first-order chi connectivity index (χ1) is 11.6. The molecule has 1 fully saturated rings. The van der Waals surface area contributed by atoms with Gasteiger partial charge in [0.05, 0.1) is 15.9 Å². The molecule has 138 valence electrons. The number of nitrogens with one attached hydrogen (secondary N) is 1. The van der Waals surface area contributed by atoms with Crippen LogP contribution in [0.3, 0.4) is 0 Å². The minimum absolute atomic E-state index is 0.0211. The topological polar surface area (TPSA) is 58.6 Å². The van der Waals surface area contributed by atoms with Crippen molar-refractivity contribution in [2.24, 2.45) is 5.92 Å². The Labute approximate surface area is 159 Å². The molecule has 1 amide bonds. The van der Waals surface area contributed by atoms with Crippen LogP contribution in [0.15, 0.2) is 33.2 Å². The number of alkyl halides is 4. The van der Waals surface area contributed by atoms with Crippen molar-refractivity contribution in [1.82, 2.24) is 5.32 Å². The van der Waals surface area contributed by atoms with Crippen molar-refractivity contribution < 1.29 is 27.8 Å². The SMILES string of the molecule is CC1C(OC(F)(F)F)=CC(Br)=C(C2=C(O)C3(CCCC3)NC2=O)C1Br. The van der Waals surface area contributed by atoms with E-state index in [1.807, 2.05) is 0 Å².